The lowest BCUT2D eigenvalue weighted by Gasteiger charge is -2.08. The molecule has 0 spiro atoms. The van der Waals surface area contributed by atoms with Gasteiger partial charge in [0.2, 0.25) is 0 Å². The number of carbonyl (C=O) groups excluding carboxylic acids is 1. The van der Waals surface area contributed by atoms with Gasteiger partial charge >= 0.3 is 6.09 Å². The molecule has 0 rings (SSSR count). The second-order valence-electron chi connectivity index (χ2n) is 3.08. The van der Waals surface area contributed by atoms with Crippen molar-refractivity contribution < 1.29 is 9.53 Å². The summed E-state index contributed by atoms with van der Waals surface area (Å²) >= 11 is 1.83. The summed E-state index contributed by atoms with van der Waals surface area (Å²) in [6, 6.07) is 0. The predicted octanol–water partition coefficient (Wildman–Crippen LogP) is 2.26. The van der Waals surface area contributed by atoms with E-state index in [2.05, 4.69) is 11.6 Å². The summed E-state index contributed by atoms with van der Waals surface area (Å²) < 4.78 is 4.90. The number of unbranched alkanes of at least 4 members (excludes halogenated alkanes) is 1. The average molecular weight is 205 g/mol. The molecule has 3 nitrogen and oxygen atoms in total. The second kappa shape index (κ2) is 8.23. The number of alkyl carbamates (subject to hydrolysis) is 1. The fourth-order valence-corrected chi connectivity index (χ4v) is 1.31. The molecule has 4 heteroatoms. The van der Waals surface area contributed by atoms with Gasteiger partial charge in [-0.05, 0) is 38.7 Å². The van der Waals surface area contributed by atoms with E-state index in [1.54, 1.807) is 0 Å². The van der Waals surface area contributed by atoms with Crippen LogP contribution in [-0.4, -0.2) is 30.8 Å². The zero-order chi connectivity index (χ0) is 10.1. The van der Waals surface area contributed by atoms with Crippen LogP contribution in [0.2, 0.25) is 0 Å². The lowest BCUT2D eigenvalue weighted by atomic mass is 10.3. The SMILES string of the molecule is CSCCCCNC(=O)OC(C)C. The van der Waals surface area contributed by atoms with Crippen LogP contribution in [0.3, 0.4) is 0 Å². The molecule has 0 heterocycles. The maximum absolute atomic E-state index is 10.9. The minimum Gasteiger partial charge on any atom is -0.447 e. The molecule has 0 aliphatic carbocycles. The highest BCUT2D eigenvalue weighted by Gasteiger charge is 2.02. The van der Waals surface area contributed by atoms with Crippen molar-refractivity contribution in [2.45, 2.75) is 32.8 Å². The van der Waals surface area contributed by atoms with Gasteiger partial charge in [-0.3, -0.25) is 0 Å². The van der Waals surface area contributed by atoms with E-state index >= 15 is 0 Å². The van der Waals surface area contributed by atoms with Crippen molar-refractivity contribution in [3.63, 3.8) is 0 Å². The van der Waals surface area contributed by atoms with Crippen LogP contribution in [-0.2, 0) is 4.74 Å². The van der Waals surface area contributed by atoms with Crippen LogP contribution in [0.1, 0.15) is 26.7 Å². The van der Waals surface area contributed by atoms with Crippen molar-refractivity contribution in [3.8, 4) is 0 Å². The number of ether oxygens (including phenoxy) is 1. The molecule has 0 fully saturated rings. The Kier molecular flexibility index (Phi) is 7.99. The Morgan fingerprint density at radius 3 is 2.69 bits per heavy atom. The van der Waals surface area contributed by atoms with Gasteiger partial charge in [0.05, 0.1) is 6.10 Å². The minimum atomic E-state index is -0.306. The highest BCUT2D eigenvalue weighted by molar-refractivity contribution is 7.98. The van der Waals surface area contributed by atoms with Gasteiger partial charge in [-0.1, -0.05) is 0 Å². The molecule has 0 aliphatic rings. The Hall–Kier alpha value is -0.380. The van der Waals surface area contributed by atoms with E-state index in [0.717, 1.165) is 18.6 Å². The number of hydrogen-bond acceptors (Lipinski definition) is 3. The highest BCUT2D eigenvalue weighted by Crippen LogP contribution is 1.98. The third-order valence-corrected chi connectivity index (χ3v) is 2.08. The number of rotatable bonds is 6. The smallest absolute Gasteiger partial charge is 0.407 e. The normalized spacial score (nSPS) is 10.2. The van der Waals surface area contributed by atoms with Gasteiger partial charge in [0, 0.05) is 6.54 Å². The summed E-state index contributed by atoms with van der Waals surface area (Å²) in [5.41, 5.74) is 0. The fraction of sp³-hybridized carbons (Fsp3) is 0.889. The van der Waals surface area contributed by atoms with E-state index in [1.807, 2.05) is 25.6 Å². The number of nitrogens with one attached hydrogen (secondary N) is 1. The lowest BCUT2D eigenvalue weighted by Crippen LogP contribution is -2.27. The highest BCUT2D eigenvalue weighted by atomic mass is 32.2. The van der Waals surface area contributed by atoms with Crippen molar-refractivity contribution >= 4 is 17.9 Å². The summed E-state index contributed by atoms with van der Waals surface area (Å²) in [5, 5.41) is 2.70. The summed E-state index contributed by atoms with van der Waals surface area (Å²) in [6.07, 6.45) is 3.91. The van der Waals surface area contributed by atoms with Gasteiger partial charge in [-0.2, -0.15) is 11.8 Å². The Morgan fingerprint density at radius 1 is 1.46 bits per heavy atom. The molecule has 0 aromatic heterocycles. The molecule has 0 bridgehead atoms. The van der Waals surface area contributed by atoms with Crippen molar-refractivity contribution in [2.24, 2.45) is 0 Å². The third-order valence-electron chi connectivity index (χ3n) is 1.39. The molecule has 0 radical (unpaired) electrons. The molecule has 78 valence electrons. The predicted molar refractivity (Wildman–Crippen MR) is 57.2 cm³/mol. The van der Waals surface area contributed by atoms with Gasteiger partial charge < -0.3 is 10.1 Å². The molecule has 0 aromatic carbocycles. The monoisotopic (exact) mass is 205 g/mol. The standard InChI is InChI=1S/C9H19NO2S/c1-8(2)12-9(11)10-6-4-5-7-13-3/h8H,4-7H2,1-3H3,(H,10,11). The minimum absolute atomic E-state index is 0.0359. The van der Waals surface area contributed by atoms with Crippen LogP contribution in [0.5, 0.6) is 0 Å². The number of thioether (sulfide) groups is 1. The van der Waals surface area contributed by atoms with Crippen LogP contribution in [0.25, 0.3) is 0 Å². The Balaban J connectivity index is 3.17. The first-order chi connectivity index (χ1) is 6.16. The molecule has 1 N–H and O–H groups in total. The number of carbonyl (C=O) groups is 1. The molecule has 0 saturated carbocycles. The fourth-order valence-electron chi connectivity index (χ4n) is 0.818. The topological polar surface area (TPSA) is 38.3 Å². The van der Waals surface area contributed by atoms with Crippen LogP contribution in [0.15, 0.2) is 0 Å². The molecule has 0 saturated heterocycles. The van der Waals surface area contributed by atoms with Crippen LogP contribution in [0, 0.1) is 0 Å². The first kappa shape index (κ1) is 12.6. The van der Waals surface area contributed by atoms with Crippen LogP contribution < -0.4 is 5.32 Å². The Morgan fingerprint density at radius 2 is 2.15 bits per heavy atom. The zero-order valence-electron chi connectivity index (χ0n) is 8.63. The maximum atomic E-state index is 10.9. The van der Waals surface area contributed by atoms with E-state index in [1.165, 1.54) is 0 Å². The quantitative estimate of drug-likeness (QED) is 0.676. The van der Waals surface area contributed by atoms with Gasteiger partial charge in [0.25, 0.3) is 0 Å². The maximum Gasteiger partial charge on any atom is 0.407 e. The molecule has 13 heavy (non-hydrogen) atoms. The van der Waals surface area contributed by atoms with Gasteiger partial charge in [-0.15, -0.1) is 0 Å². The second-order valence-corrected chi connectivity index (χ2v) is 4.07. The largest absolute Gasteiger partial charge is 0.447 e. The van der Waals surface area contributed by atoms with Gasteiger partial charge in [0.15, 0.2) is 0 Å². The summed E-state index contributed by atoms with van der Waals surface area (Å²) in [5.74, 6) is 1.15. The number of amides is 1. The molecule has 0 unspecified atom stereocenters. The van der Waals surface area contributed by atoms with Crippen LogP contribution in [0.4, 0.5) is 4.79 Å². The van der Waals surface area contributed by atoms with E-state index in [-0.39, 0.29) is 12.2 Å². The Bertz CT molecular complexity index is 140. The number of hydrogen-bond donors (Lipinski definition) is 1. The summed E-state index contributed by atoms with van der Waals surface area (Å²) in [7, 11) is 0. The van der Waals surface area contributed by atoms with Crippen LogP contribution >= 0.6 is 11.8 Å². The van der Waals surface area contributed by atoms with E-state index in [4.69, 9.17) is 4.74 Å². The first-order valence-electron chi connectivity index (χ1n) is 4.60. The molecule has 0 aromatic rings. The van der Waals surface area contributed by atoms with Gasteiger partial charge in [-0.25, -0.2) is 4.79 Å². The summed E-state index contributed by atoms with van der Waals surface area (Å²) in [6.45, 7) is 4.40. The van der Waals surface area contributed by atoms with Crippen molar-refractivity contribution in [1.82, 2.24) is 5.32 Å². The average Bonchev–Trinajstić information content (AvgIpc) is 2.02. The lowest BCUT2D eigenvalue weighted by molar-refractivity contribution is 0.115. The zero-order valence-corrected chi connectivity index (χ0v) is 9.45. The van der Waals surface area contributed by atoms with E-state index in [0.29, 0.717) is 6.54 Å². The van der Waals surface area contributed by atoms with Crippen molar-refractivity contribution in [2.75, 3.05) is 18.6 Å². The molecule has 1 amide bonds. The van der Waals surface area contributed by atoms with E-state index in [9.17, 15) is 4.79 Å². The third kappa shape index (κ3) is 9.53. The summed E-state index contributed by atoms with van der Waals surface area (Å²) in [4.78, 5) is 10.9. The molecular weight excluding hydrogens is 186 g/mol. The van der Waals surface area contributed by atoms with Crippen molar-refractivity contribution in [3.05, 3.63) is 0 Å². The van der Waals surface area contributed by atoms with E-state index < -0.39 is 0 Å². The van der Waals surface area contributed by atoms with Crippen molar-refractivity contribution in [1.29, 1.82) is 0 Å². The molecular formula is C9H19NO2S. The molecule has 0 atom stereocenters. The molecule has 0 aliphatic heterocycles. The Labute approximate surface area is 84.6 Å². The van der Waals surface area contributed by atoms with Gasteiger partial charge in [0.1, 0.15) is 0 Å². The first-order valence-corrected chi connectivity index (χ1v) is 5.99.